The highest BCUT2D eigenvalue weighted by molar-refractivity contribution is 7.84. The van der Waals surface area contributed by atoms with Gasteiger partial charge in [0, 0.05) is 17.5 Å². The Balaban J connectivity index is 1.51. The number of hydrogen-bond acceptors (Lipinski definition) is 9. The van der Waals surface area contributed by atoms with Gasteiger partial charge in [-0.3, -0.25) is 4.18 Å². The number of nitrogens with two attached hydrogens (primary N) is 1. The molecule has 4 rings (SSSR count). The van der Waals surface area contributed by atoms with Crippen molar-refractivity contribution < 1.29 is 22.1 Å². The van der Waals surface area contributed by atoms with Crippen molar-refractivity contribution in [3.63, 3.8) is 0 Å². The quantitative estimate of drug-likeness (QED) is 0.546. The van der Waals surface area contributed by atoms with Gasteiger partial charge in [0.15, 0.2) is 11.3 Å². The molecule has 28 heavy (non-hydrogen) atoms. The molecule has 0 unspecified atom stereocenters. The summed E-state index contributed by atoms with van der Waals surface area (Å²) in [6.07, 6.45) is 1.56. The molecule has 0 saturated heterocycles. The van der Waals surface area contributed by atoms with Crippen LogP contribution in [0.3, 0.4) is 0 Å². The van der Waals surface area contributed by atoms with Gasteiger partial charge >= 0.3 is 10.3 Å². The normalized spacial score (nSPS) is 22.6. The van der Waals surface area contributed by atoms with Gasteiger partial charge in [0.2, 0.25) is 5.89 Å². The Morgan fingerprint density at radius 3 is 2.79 bits per heavy atom. The zero-order chi connectivity index (χ0) is 19.7. The van der Waals surface area contributed by atoms with Crippen molar-refractivity contribution in [3.8, 4) is 11.5 Å². The molecule has 1 fully saturated rings. The second-order valence-corrected chi connectivity index (χ2v) is 7.90. The van der Waals surface area contributed by atoms with Crippen molar-refractivity contribution in [2.75, 3.05) is 11.9 Å². The molecule has 10 nitrogen and oxygen atoms in total. The number of aliphatic hydroxyl groups is 1. The molecule has 1 aromatic carbocycles. The van der Waals surface area contributed by atoms with E-state index in [0.717, 1.165) is 5.56 Å². The average Bonchev–Trinajstić information content (AvgIpc) is 3.24. The van der Waals surface area contributed by atoms with Crippen LogP contribution in [0.25, 0.3) is 22.7 Å². The van der Waals surface area contributed by atoms with E-state index in [1.54, 1.807) is 0 Å². The van der Waals surface area contributed by atoms with Crippen molar-refractivity contribution in [2.24, 2.45) is 11.1 Å². The third kappa shape index (κ3) is 4.12. The number of benzene rings is 1. The van der Waals surface area contributed by atoms with E-state index < -0.39 is 16.4 Å². The van der Waals surface area contributed by atoms with E-state index in [4.69, 9.17) is 9.56 Å². The fraction of sp³-hybridized carbons (Fsp3) is 0.353. The topological polar surface area (TPSA) is 153 Å². The van der Waals surface area contributed by atoms with Crippen molar-refractivity contribution in [1.82, 2.24) is 15.0 Å². The number of hydrogen-bond donors (Lipinski definition) is 3. The molecule has 2 heterocycles. The van der Waals surface area contributed by atoms with E-state index in [-0.39, 0.29) is 18.6 Å². The van der Waals surface area contributed by atoms with E-state index in [0.29, 0.717) is 35.8 Å². The molecule has 2 aromatic heterocycles. The van der Waals surface area contributed by atoms with Crippen LogP contribution in [-0.4, -0.2) is 47.2 Å². The molecule has 0 aliphatic heterocycles. The number of aliphatic hydroxyl groups excluding tert-OH is 1. The Hall–Kier alpha value is -2.60. The van der Waals surface area contributed by atoms with Crippen molar-refractivity contribution in [1.29, 1.82) is 0 Å². The predicted octanol–water partition coefficient (Wildman–Crippen LogP) is 1.06. The van der Waals surface area contributed by atoms with E-state index in [2.05, 4.69) is 24.5 Å². The number of fused-ring (bicyclic) bond motifs is 1. The number of oxazole rings is 1. The third-order valence-corrected chi connectivity index (χ3v) is 5.13. The van der Waals surface area contributed by atoms with Crippen LogP contribution in [0.4, 0.5) is 5.82 Å². The van der Waals surface area contributed by atoms with Crippen LogP contribution in [0.2, 0.25) is 0 Å². The highest BCUT2D eigenvalue weighted by atomic mass is 32.2. The summed E-state index contributed by atoms with van der Waals surface area (Å²) in [5, 5.41) is 18.3. The third-order valence-electron chi connectivity index (χ3n) is 4.66. The van der Waals surface area contributed by atoms with Crippen LogP contribution in [0.5, 0.6) is 0 Å². The molecule has 1 aliphatic carbocycles. The van der Waals surface area contributed by atoms with Crippen LogP contribution in [0, 0.1) is 5.92 Å². The zero-order valence-corrected chi connectivity index (χ0v) is 15.5. The highest BCUT2D eigenvalue weighted by Gasteiger charge is 2.34. The molecule has 0 bridgehead atoms. The van der Waals surface area contributed by atoms with Crippen LogP contribution in [0.15, 0.2) is 41.1 Å². The van der Waals surface area contributed by atoms with Gasteiger partial charge in [0.1, 0.15) is 6.33 Å². The number of aromatic nitrogens is 3. The van der Waals surface area contributed by atoms with E-state index in [1.165, 1.54) is 6.33 Å². The Labute approximate surface area is 161 Å². The Morgan fingerprint density at radius 1 is 1.25 bits per heavy atom. The molecule has 3 aromatic rings. The standard InChI is InChI=1S/C17H19N5O5S/c18-28(24,25)26-8-11-6-12(7-13(11)23)21-15-14-17(20-9-19-15)27-16(22-14)10-4-2-1-3-5-10/h1-5,9,11-13,23H,6-8H2,(H2,18,24,25)(H,19,20,21)/t11-,12+,13-/m0/s1. The summed E-state index contributed by atoms with van der Waals surface area (Å²) in [5.41, 5.74) is 1.66. The summed E-state index contributed by atoms with van der Waals surface area (Å²) in [5.74, 6) is 0.566. The number of nitrogens with one attached hydrogen (secondary N) is 1. The largest absolute Gasteiger partial charge is 0.417 e. The average molecular weight is 405 g/mol. The molecule has 11 heteroatoms. The first-order valence-corrected chi connectivity index (χ1v) is 10.1. The molecule has 4 N–H and O–H groups in total. The lowest BCUT2D eigenvalue weighted by molar-refractivity contribution is 0.101. The van der Waals surface area contributed by atoms with E-state index in [1.807, 2.05) is 30.3 Å². The molecule has 148 valence electrons. The highest BCUT2D eigenvalue weighted by Crippen LogP contribution is 2.31. The molecule has 0 amide bonds. The first kappa shape index (κ1) is 18.7. The predicted molar refractivity (Wildman–Crippen MR) is 100 cm³/mol. The second-order valence-electron chi connectivity index (χ2n) is 6.68. The van der Waals surface area contributed by atoms with Crippen LogP contribution >= 0.6 is 0 Å². The summed E-state index contributed by atoms with van der Waals surface area (Å²) < 4.78 is 32.3. The van der Waals surface area contributed by atoms with Gasteiger partial charge in [-0.25, -0.2) is 15.1 Å². The maximum Gasteiger partial charge on any atom is 0.333 e. The number of anilines is 1. The van der Waals surface area contributed by atoms with E-state index in [9.17, 15) is 13.5 Å². The first-order valence-electron chi connectivity index (χ1n) is 8.68. The monoisotopic (exact) mass is 405 g/mol. The fourth-order valence-corrected chi connectivity index (χ4v) is 3.70. The smallest absolute Gasteiger partial charge is 0.333 e. The van der Waals surface area contributed by atoms with Gasteiger partial charge in [-0.1, -0.05) is 18.2 Å². The molecule has 1 saturated carbocycles. The molecule has 1 aliphatic rings. The van der Waals surface area contributed by atoms with Crippen LogP contribution in [-0.2, 0) is 14.5 Å². The Morgan fingerprint density at radius 2 is 2.04 bits per heavy atom. The van der Waals surface area contributed by atoms with Gasteiger partial charge in [-0.05, 0) is 25.0 Å². The molecule has 3 atom stereocenters. The Bertz CT molecular complexity index is 1070. The summed E-state index contributed by atoms with van der Waals surface area (Å²) >= 11 is 0. The SMILES string of the molecule is NS(=O)(=O)OC[C@@H]1C[C@@H](Nc2ncnc3oc(-c4ccccc4)nc23)C[C@@H]1O. The zero-order valence-electron chi connectivity index (χ0n) is 14.7. The van der Waals surface area contributed by atoms with Crippen molar-refractivity contribution >= 4 is 27.4 Å². The molecular formula is C17H19N5O5S. The maximum atomic E-state index is 11.0. The summed E-state index contributed by atoms with van der Waals surface area (Å²) in [6.45, 7) is -0.167. The fourth-order valence-electron chi connectivity index (χ4n) is 3.34. The maximum absolute atomic E-state index is 11.0. The number of rotatable bonds is 6. The van der Waals surface area contributed by atoms with Gasteiger partial charge in [-0.15, -0.1) is 0 Å². The lowest BCUT2D eigenvalue weighted by Crippen LogP contribution is -2.24. The van der Waals surface area contributed by atoms with Crippen molar-refractivity contribution in [3.05, 3.63) is 36.7 Å². The molecular weight excluding hydrogens is 386 g/mol. The minimum Gasteiger partial charge on any atom is -0.417 e. The minimum atomic E-state index is -4.04. The van der Waals surface area contributed by atoms with Gasteiger partial charge < -0.3 is 14.8 Å². The van der Waals surface area contributed by atoms with Crippen LogP contribution < -0.4 is 10.5 Å². The second kappa shape index (κ2) is 7.43. The molecule has 0 spiro atoms. The summed E-state index contributed by atoms with van der Waals surface area (Å²) in [7, 11) is -4.04. The number of nitrogens with zero attached hydrogens (tertiary/aromatic N) is 3. The van der Waals surface area contributed by atoms with Crippen LogP contribution in [0.1, 0.15) is 12.8 Å². The minimum absolute atomic E-state index is 0.140. The summed E-state index contributed by atoms with van der Waals surface area (Å²) in [4.78, 5) is 12.9. The van der Waals surface area contributed by atoms with Crippen molar-refractivity contribution in [2.45, 2.75) is 25.0 Å². The van der Waals surface area contributed by atoms with E-state index >= 15 is 0 Å². The first-order chi connectivity index (χ1) is 13.4. The Kier molecular flexibility index (Phi) is 4.98. The summed E-state index contributed by atoms with van der Waals surface area (Å²) in [6, 6.07) is 9.31. The molecule has 0 radical (unpaired) electrons. The van der Waals surface area contributed by atoms with Gasteiger partial charge in [0.25, 0.3) is 5.71 Å². The lowest BCUT2D eigenvalue weighted by Gasteiger charge is -2.13. The van der Waals surface area contributed by atoms with Gasteiger partial charge in [0.05, 0.1) is 12.7 Å². The lowest BCUT2D eigenvalue weighted by atomic mass is 10.1. The van der Waals surface area contributed by atoms with Gasteiger partial charge in [-0.2, -0.15) is 13.4 Å².